The van der Waals surface area contributed by atoms with Gasteiger partial charge in [0.25, 0.3) is 0 Å². The van der Waals surface area contributed by atoms with E-state index >= 15 is 0 Å². The van der Waals surface area contributed by atoms with Crippen molar-refractivity contribution in [2.75, 3.05) is 27.3 Å². The summed E-state index contributed by atoms with van der Waals surface area (Å²) in [5, 5.41) is 44.1. The fourth-order valence-electron chi connectivity index (χ4n) is 7.14. The standard InChI is InChI=1S/C44H54N4O10/c1-25-29(23-57-43-37(27-11-12-27)15-31(41(47-43)55-3)19-45-21-33(49)17-39(51)52)7-5-9-35(25)36-10-6-8-30(26(36)2)24-58-44-38(28-13-14-28)16-32(42(48-44)56-4)20-46-22-34(50)18-40(53)54/h5-10,15-16,27-28,33-34,45-46,49-50H,11-14,17-24H2,1-4H3,(H,51,52)(H,53,54)/t33-,34-/m0/s1. The third-order valence-electron chi connectivity index (χ3n) is 10.7. The lowest BCUT2D eigenvalue weighted by Gasteiger charge is -2.19. The molecule has 14 heteroatoms. The van der Waals surface area contributed by atoms with Crippen molar-refractivity contribution >= 4 is 11.9 Å². The van der Waals surface area contributed by atoms with Gasteiger partial charge in [0.15, 0.2) is 0 Å². The average molecular weight is 799 g/mol. The number of hydrogen-bond donors (Lipinski definition) is 6. The number of methoxy groups -OCH3 is 2. The Morgan fingerprint density at radius 1 is 0.655 bits per heavy atom. The number of benzene rings is 2. The fourth-order valence-corrected chi connectivity index (χ4v) is 7.14. The maximum Gasteiger partial charge on any atom is 0.306 e. The first kappa shape index (κ1) is 42.3. The number of nitrogens with one attached hydrogen (secondary N) is 2. The molecule has 0 saturated heterocycles. The minimum absolute atomic E-state index is 0.131. The lowest BCUT2D eigenvalue weighted by Crippen LogP contribution is -2.28. The molecule has 2 heterocycles. The molecule has 2 atom stereocenters. The molecule has 2 saturated carbocycles. The average Bonchev–Trinajstić information content (AvgIpc) is 4.12. The van der Waals surface area contributed by atoms with Gasteiger partial charge in [0, 0.05) is 48.4 Å². The third-order valence-corrected chi connectivity index (χ3v) is 10.7. The summed E-state index contributed by atoms with van der Waals surface area (Å²) < 4.78 is 24.1. The van der Waals surface area contributed by atoms with E-state index < -0.39 is 24.1 Å². The molecule has 0 aliphatic heterocycles. The van der Waals surface area contributed by atoms with Crippen molar-refractivity contribution < 1.29 is 49.0 Å². The largest absolute Gasteiger partial charge is 0.481 e. The first-order chi connectivity index (χ1) is 27.9. The van der Waals surface area contributed by atoms with Gasteiger partial charge in [0.05, 0.1) is 39.3 Å². The summed E-state index contributed by atoms with van der Waals surface area (Å²) in [7, 11) is 3.11. The molecule has 14 nitrogen and oxygen atoms in total. The highest BCUT2D eigenvalue weighted by molar-refractivity contribution is 5.72. The van der Waals surface area contributed by atoms with Gasteiger partial charge in [-0.05, 0) is 96.9 Å². The Morgan fingerprint density at radius 3 is 1.40 bits per heavy atom. The second kappa shape index (κ2) is 19.4. The number of carbonyl (C=O) groups is 2. The second-order valence-corrected chi connectivity index (χ2v) is 15.2. The molecule has 4 aromatic rings. The van der Waals surface area contributed by atoms with E-state index in [0.29, 0.717) is 61.7 Å². The quantitative estimate of drug-likeness (QED) is 0.0546. The van der Waals surface area contributed by atoms with Gasteiger partial charge in [-0.2, -0.15) is 9.97 Å². The van der Waals surface area contributed by atoms with Crippen LogP contribution in [0, 0.1) is 13.8 Å². The van der Waals surface area contributed by atoms with Crippen molar-refractivity contribution in [3.05, 3.63) is 93.0 Å². The number of ether oxygens (including phenoxy) is 4. The predicted molar refractivity (Wildman–Crippen MR) is 215 cm³/mol. The molecule has 58 heavy (non-hydrogen) atoms. The summed E-state index contributed by atoms with van der Waals surface area (Å²) in [5.74, 6) is 0.468. The van der Waals surface area contributed by atoms with E-state index in [-0.39, 0.29) is 25.9 Å². The Kier molecular flexibility index (Phi) is 14.2. The van der Waals surface area contributed by atoms with Crippen molar-refractivity contribution in [2.24, 2.45) is 0 Å². The summed E-state index contributed by atoms with van der Waals surface area (Å²) >= 11 is 0. The normalized spacial score (nSPS) is 14.8. The minimum atomic E-state index is -1.05. The van der Waals surface area contributed by atoms with Crippen LogP contribution in [0.15, 0.2) is 48.5 Å². The summed E-state index contributed by atoms with van der Waals surface area (Å²) in [4.78, 5) is 31.4. The Labute approximate surface area is 338 Å². The van der Waals surface area contributed by atoms with Crippen molar-refractivity contribution in [2.45, 2.75) is 103 Å². The van der Waals surface area contributed by atoms with Crippen molar-refractivity contribution in [1.29, 1.82) is 0 Å². The Morgan fingerprint density at radius 2 is 1.05 bits per heavy atom. The van der Waals surface area contributed by atoms with Gasteiger partial charge >= 0.3 is 11.9 Å². The number of aliphatic hydroxyl groups excluding tert-OH is 2. The molecule has 0 radical (unpaired) electrons. The number of rotatable bonds is 23. The molecule has 6 N–H and O–H groups in total. The van der Waals surface area contributed by atoms with E-state index in [9.17, 15) is 19.8 Å². The Balaban J connectivity index is 1.15. The summed E-state index contributed by atoms with van der Waals surface area (Å²) in [6.07, 6.45) is 1.51. The highest BCUT2D eigenvalue weighted by atomic mass is 16.5. The Hall–Kier alpha value is -5.28. The number of carboxylic acid groups (broad SMARTS) is 2. The van der Waals surface area contributed by atoms with Crippen LogP contribution in [0.1, 0.15) is 94.9 Å². The molecule has 310 valence electrons. The first-order valence-corrected chi connectivity index (χ1v) is 19.7. The topological polar surface area (TPSA) is 202 Å². The van der Waals surface area contributed by atoms with Crippen LogP contribution in [0.4, 0.5) is 0 Å². The van der Waals surface area contributed by atoms with E-state index in [2.05, 4.69) is 48.7 Å². The number of hydrogen-bond acceptors (Lipinski definition) is 12. The van der Waals surface area contributed by atoms with Crippen LogP contribution in [-0.4, -0.2) is 81.8 Å². The number of aliphatic hydroxyl groups is 2. The smallest absolute Gasteiger partial charge is 0.306 e. The molecule has 2 aromatic heterocycles. The number of carboxylic acids is 2. The van der Waals surface area contributed by atoms with Gasteiger partial charge in [-0.3, -0.25) is 9.59 Å². The number of pyridine rings is 2. The van der Waals surface area contributed by atoms with Gasteiger partial charge in [-0.1, -0.05) is 36.4 Å². The van der Waals surface area contributed by atoms with Crippen molar-refractivity contribution in [1.82, 2.24) is 20.6 Å². The van der Waals surface area contributed by atoms with E-state index in [1.54, 1.807) is 14.2 Å². The van der Waals surface area contributed by atoms with E-state index in [4.69, 9.17) is 39.1 Å². The molecular weight excluding hydrogens is 745 g/mol. The summed E-state index contributed by atoms with van der Waals surface area (Å²) in [6.45, 7) is 5.79. The number of aliphatic carboxylic acids is 2. The van der Waals surface area contributed by atoms with Crippen molar-refractivity contribution in [3.63, 3.8) is 0 Å². The molecule has 0 amide bonds. The molecule has 0 spiro atoms. The zero-order valence-corrected chi connectivity index (χ0v) is 33.5. The molecule has 2 aliphatic rings. The van der Waals surface area contributed by atoms with Crippen LogP contribution < -0.4 is 29.6 Å². The molecule has 0 unspecified atom stereocenters. The zero-order chi connectivity index (χ0) is 41.3. The van der Waals surface area contributed by atoms with Crippen LogP contribution in [0.3, 0.4) is 0 Å². The molecule has 0 bridgehead atoms. The van der Waals surface area contributed by atoms with Crippen LogP contribution in [0.2, 0.25) is 0 Å². The van der Waals surface area contributed by atoms with Crippen LogP contribution in [0.5, 0.6) is 23.5 Å². The molecular formula is C44H54N4O10. The SMILES string of the molecule is COc1nc(OCc2cccc(-c3cccc(COc4nc(OC)c(CNC[C@@H](O)CC(=O)O)cc4C4CC4)c3C)c2C)c(C2CC2)cc1CNC[C@@H](O)CC(=O)O. The minimum Gasteiger partial charge on any atom is -0.481 e. The van der Waals surface area contributed by atoms with Gasteiger partial charge in [-0.25, -0.2) is 0 Å². The number of nitrogens with zero attached hydrogens (tertiary/aromatic N) is 2. The highest BCUT2D eigenvalue weighted by Crippen LogP contribution is 2.46. The van der Waals surface area contributed by atoms with Crippen LogP contribution in [0.25, 0.3) is 11.1 Å². The molecule has 2 fully saturated rings. The highest BCUT2D eigenvalue weighted by Gasteiger charge is 2.31. The van der Waals surface area contributed by atoms with Gasteiger partial charge in [0.1, 0.15) is 13.2 Å². The molecule has 6 rings (SSSR count). The van der Waals surface area contributed by atoms with Gasteiger partial charge in [-0.15, -0.1) is 0 Å². The lowest BCUT2D eigenvalue weighted by atomic mass is 9.92. The fraction of sp³-hybridized carbons (Fsp3) is 0.455. The third kappa shape index (κ3) is 11.0. The zero-order valence-electron chi connectivity index (χ0n) is 33.5. The maximum absolute atomic E-state index is 10.9. The second-order valence-electron chi connectivity index (χ2n) is 15.2. The van der Waals surface area contributed by atoms with E-state index in [1.165, 1.54) is 0 Å². The number of aromatic nitrogens is 2. The molecule has 2 aliphatic carbocycles. The monoisotopic (exact) mass is 798 g/mol. The van der Waals surface area contributed by atoms with Crippen LogP contribution in [-0.2, 0) is 35.9 Å². The van der Waals surface area contributed by atoms with E-state index in [1.807, 2.05) is 24.3 Å². The lowest BCUT2D eigenvalue weighted by molar-refractivity contribution is -0.140. The van der Waals surface area contributed by atoms with Gasteiger partial charge in [0.2, 0.25) is 23.5 Å². The Bertz CT molecular complexity index is 1940. The predicted octanol–water partition coefficient (Wildman–Crippen LogP) is 5.54. The maximum atomic E-state index is 10.9. The van der Waals surface area contributed by atoms with Crippen LogP contribution >= 0.6 is 0 Å². The summed E-state index contributed by atoms with van der Waals surface area (Å²) in [6, 6.07) is 16.5. The van der Waals surface area contributed by atoms with E-state index in [0.717, 1.165) is 81.3 Å². The van der Waals surface area contributed by atoms with Crippen molar-refractivity contribution in [3.8, 4) is 34.6 Å². The first-order valence-electron chi connectivity index (χ1n) is 19.7. The van der Waals surface area contributed by atoms with Gasteiger partial charge < -0.3 is 50.0 Å². The molecule has 2 aromatic carbocycles. The summed E-state index contributed by atoms with van der Waals surface area (Å²) in [5.41, 5.74) is 10.0.